The van der Waals surface area contributed by atoms with Gasteiger partial charge in [-0.1, -0.05) is 11.8 Å². The Bertz CT molecular complexity index is 385. The van der Waals surface area contributed by atoms with Gasteiger partial charge in [-0.15, -0.1) is 0 Å². The molecule has 0 bridgehead atoms. The van der Waals surface area contributed by atoms with E-state index in [9.17, 15) is 0 Å². The summed E-state index contributed by atoms with van der Waals surface area (Å²) in [5.41, 5.74) is 0.700. The standard InChI is InChI=1S/C8H7BrN4S/c1-14-8(12-5-10)13-7-2-6(9)3-11-4-7/h2-4H,1H3,(H,12,13). The summed E-state index contributed by atoms with van der Waals surface area (Å²) in [6, 6.07) is 1.82. The van der Waals surface area contributed by atoms with Gasteiger partial charge in [-0.3, -0.25) is 10.3 Å². The molecule has 1 N–H and O–H groups in total. The highest BCUT2D eigenvalue weighted by Crippen LogP contribution is 2.17. The van der Waals surface area contributed by atoms with Crippen LogP contribution in [-0.4, -0.2) is 16.4 Å². The van der Waals surface area contributed by atoms with Gasteiger partial charge in [0.1, 0.15) is 0 Å². The second kappa shape index (κ2) is 5.62. The number of nitrogens with zero attached hydrogens (tertiary/aromatic N) is 3. The summed E-state index contributed by atoms with van der Waals surface area (Å²) in [6.07, 6.45) is 6.96. The lowest BCUT2D eigenvalue weighted by Crippen LogP contribution is -2.12. The van der Waals surface area contributed by atoms with Gasteiger partial charge in [0.15, 0.2) is 11.4 Å². The maximum Gasteiger partial charge on any atom is 0.183 e. The van der Waals surface area contributed by atoms with Crippen molar-refractivity contribution in [2.45, 2.75) is 0 Å². The number of nitrogens with one attached hydrogen (secondary N) is 1. The molecule has 0 fully saturated rings. The van der Waals surface area contributed by atoms with Gasteiger partial charge >= 0.3 is 0 Å². The quantitative estimate of drug-likeness (QED) is 0.368. The molecule has 4 nitrogen and oxygen atoms in total. The van der Waals surface area contributed by atoms with Crippen LogP contribution in [0.5, 0.6) is 0 Å². The van der Waals surface area contributed by atoms with Crippen LogP contribution in [0.15, 0.2) is 27.9 Å². The zero-order chi connectivity index (χ0) is 10.4. The number of halogens is 1. The number of thioether (sulfide) groups is 1. The van der Waals surface area contributed by atoms with Crippen LogP contribution in [0.1, 0.15) is 0 Å². The number of rotatable bonds is 1. The van der Waals surface area contributed by atoms with Crippen molar-refractivity contribution >= 4 is 38.5 Å². The summed E-state index contributed by atoms with van der Waals surface area (Å²) < 4.78 is 0.858. The highest BCUT2D eigenvalue weighted by atomic mass is 79.9. The SMILES string of the molecule is CSC(=Nc1cncc(Br)c1)NC#N. The molecule has 1 aromatic rings. The van der Waals surface area contributed by atoms with E-state index >= 15 is 0 Å². The van der Waals surface area contributed by atoms with Gasteiger partial charge in [0.25, 0.3) is 0 Å². The molecule has 0 aliphatic rings. The predicted molar refractivity (Wildman–Crippen MR) is 61.3 cm³/mol. The molecule has 1 rings (SSSR count). The highest BCUT2D eigenvalue weighted by molar-refractivity contribution is 9.10. The average Bonchev–Trinajstić information content (AvgIpc) is 2.17. The smallest absolute Gasteiger partial charge is 0.183 e. The maximum absolute atomic E-state index is 8.42. The van der Waals surface area contributed by atoms with E-state index in [2.05, 4.69) is 31.2 Å². The Kier molecular flexibility index (Phi) is 4.43. The van der Waals surface area contributed by atoms with E-state index in [0.717, 1.165) is 4.47 Å². The topological polar surface area (TPSA) is 61.1 Å². The normalized spacial score (nSPS) is 10.8. The van der Waals surface area contributed by atoms with Gasteiger partial charge in [0.05, 0.1) is 11.9 Å². The number of pyridine rings is 1. The van der Waals surface area contributed by atoms with Crippen molar-refractivity contribution in [1.82, 2.24) is 10.3 Å². The van der Waals surface area contributed by atoms with E-state index < -0.39 is 0 Å². The molecule has 0 radical (unpaired) electrons. The first-order valence-corrected chi connectivity index (χ1v) is 5.66. The highest BCUT2D eigenvalue weighted by Gasteiger charge is 1.96. The van der Waals surface area contributed by atoms with Gasteiger partial charge in [-0.05, 0) is 28.3 Å². The van der Waals surface area contributed by atoms with Gasteiger partial charge in [-0.25, -0.2) is 4.99 Å². The molecule has 0 aliphatic heterocycles. The van der Waals surface area contributed by atoms with Crippen molar-refractivity contribution in [2.75, 3.05) is 6.26 Å². The van der Waals surface area contributed by atoms with Crippen LogP contribution in [0.3, 0.4) is 0 Å². The lowest BCUT2D eigenvalue weighted by molar-refractivity contribution is 1.25. The number of amidine groups is 1. The lowest BCUT2D eigenvalue weighted by Gasteiger charge is -1.99. The summed E-state index contributed by atoms with van der Waals surface area (Å²) in [6.45, 7) is 0. The fourth-order valence-corrected chi connectivity index (χ4v) is 1.45. The molecule has 0 aromatic carbocycles. The number of nitriles is 1. The third-order valence-corrected chi connectivity index (χ3v) is 2.29. The first-order chi connectivity index (χ1) is 6.76. The van der Waals surface area contributed by atoms with E-state index in [1.54, 1.807) is 12.4 Å². The molecule has 0 saturated heterocycles. The zero-order valence-corrected chi connectivity index (χ0v) is 9.76. The van der Waals surface area contributed by atoms with Gasteiger partial charge in [0.2, 0.25) is 0 Å². The molecule has 0 aliphatic carbocycles. The summed E-state index contributed by atoms with van der Waals surface area (Å²) in [7, 11) is 0. The number of aromatic nitrogens is 1. The second-order valence-electron chi connectivity index (χ2n) is 2.22. The average molecular weight is 271 g/mol. The Morgan fingerprint density at radius 3 is 3.07 bits per heavy atom. The number of hydrogen-bond acceptors (Lipinski definition) is 4. The Balaban J connectivity index is 2.89. The molecule has 1 heterocycles. The third kappa shape index (κ3) is 3.36. The van der Waals surface area contributed by atoms with Crippen molar-refractivity contribution in [3.8, 4) is 6.19 Å². The molecule has 14 heavy (non-hydrogen) atoms. The van der Waals surface area contributed by atoms with Crippen molar-refractivity contribution < 1.29 is 0 Å². The third-order valence-electron chi connectivity index (χ3n) is 1.28. The van der Waals surface area contributed by atoms with E-state index in [1.165, 1.54) is 11.8 Å². The summed E-state index contributed by atoms with van der Waals surface area (Å²) >= 11 is 4.66. The molecule has 6 heteroatoms. The van der Waals surface area contributed by atoms with Crippen LogP contribution < -0.4 is 5.32 Å². The molecule has 0 unspecified atom stereocenters. The van der Waals surface area contributed by atoms with Crippen molar-refractivity contribution in [1.29, 1.82) is 5.26 Å². The molecule has 0 spiro atoms. The molecule has 0 atom stereocenters. The number of aliphatic imine (C=N–C) groups is 1. The van der Waals surface area contributed by atoms with Crippen LogP contribution in [0.4, 0.5) is 5.69 Å². The summed E-state index contributed by atoms with van der Waals surface area (Å²) in [4.78, 5) is 8.14. The maximum atomic E-state index is 8.42. The minimum Gasteiger partial charge on any atom is -0.271 e. The van der Waals surface area contributed by atoms with Crippen molar-refractivity contribution in [2.24, 2.45) is 4.99 Å². The van der Waals surface area contributed by atoms with Crippen LogP contribution in [0, 0.1) is 11.5 Å². The minimum atomic E-state index is 0.549. The first-order valence-electron chi connectivity index (χ1n) is 3.64. The van der Waals surface area contributed by atoms with Crippen LogP contribution >= 0.6 is 27.7 Å². The van der Waals surface area contributed by atoms with E-state index in [4.69, 9.17) is 5.26 Å². The molecular weight excluding hydrogens is 264 g/mol. The van der Waals surface area contributed by atoms with Crippen molar-refractivity contribution in [3.63, 3.8) is 0 Å². The van der Waals surface area contributed by atoms with Gasteiger partial charge in [0, 0.05) is 10.7 Å². The zero-order valence-electron chi connectivity index (χ0n) is 7.36. The summed E-state index contributed by atoms with van der Waals surface area (Å²) in [5.74, 6) is 0. The van der Waals surface area contributed by atoms with E-state index in [1.807, 2.05) is 18.5 Å². The molecular formula is C8H7BrN4S. The van der Waals surface area contributed by atoms with Crippen LogP contribution in [-0.2, 0) is 0 Å². The Labute approximate surface area is 94.6 Å². The fourth-order valence-electron chi connectivity index (χ4n) is 0.751. The Morgan fingerprint density at radius 2 is 2.50 bits per heavy atom. The molecule has 0 saturated carbocycles. The van der Waals surface area contributed by atoms with Gasteiger partial charge in [-0.2, -0.15) is 5.26 Å². The minimum absolute atomic E-state index is 0.549. The second-order valence-corrected chi connectivity index (χ2v) is 3.93. The van der Waals surface area contributed by atoms with E-state index in [0.29, 0.717) is 10.9 Å². The van der Waals surface area contributed by atoms with Crippen LogP contribution in [0.25, 0.3) is 0 Å². The Hall–Kier alpha value is -1.06. The largest absolute Gasteiger partial charge is 0.271 e. The van der Waals surface area contributed by atoms with Crippen LogP contribution in [0.2, 0.25) is 0 Å². The Morgan fingerprint density at radius 1 is 1.71 bits per heavy atom. The monoisotopic (exact) mass is 270 g/mol. The molecule has 1 aromatic heterocycles. The molecule has 72 valence electrons. The van der Waals surface area contributed by atoms with Gasteiger partial charge < -0.3 is 0 Å². The fraction of sp³-hybridized carbons (Fsp3) is 0.125. The first kappa shape index (κ1) is 11.0. The van der Waals surface area contributed by atoms with Crippen molar-refractivity contribution in [3.05, 3.63) is 22.9 Å². The summed E-state index contributed by atoms with van der Waals surface area (Å²) in [5, 5.41) is 11.4. The van der Waals surface area contributed by atoms with E-state index in [-0.39, 0.29) is 0 Å². The number of hydrogen-bond donors (Lipinski definition) is 1. The predicted octanol–water partition coefficient (Wildman–Crippen LogP) is 2.27. The molecule has 0 amide bonds. The lowest BCUT2D eigenvalue weighted by atomic mass is 10.4.